The average Bonchev–Trinajstić information content (AvgIpc) is 3.27. The highest BCUT2D eigenvalue weighted by molar-refractivity contribution is 9.10. The lowest BCUT2D eigenvalue weighted by molar-refractivity contribution is 1.02. The zero-order chi connectivity index (χ0) is 15.1. The van der Waals surface area contributed by atoms with Gasteiger partial charge in [-0.2, -0.15) is 5.10 Å². The first-order valence-corrected chi connectivity index (χ1v) is 8.15. The second-order valence-corrected chi connectivity index (χ2v) is 6.57. The first-order chi connectivity index (χ1) is 10.7. The molecule has 5 heteroatoms. The molecule has 0 saturated heterocycles. The van der Waals surface area contributed by atoms with Crippen LogP contribution in [0.2, 0.25) is 0 Å². The van der Waals surface area contributed by atoms with Crippen molar-refractivity contribution in [3.8, 4) is 22.8 Å². The second-order valence-electron chi connectivity index (χ2n) is 5.72. The Morgan fingerprint density at radius 1 is 1.14 bits per heavy atom. The maximum Gasteiger partial charge on any atom is 0.183 e. The van der Waals surface area contributed by atoms with E-state index in [2.05, 4.69) is 61.2 Å². The van der Waals surface area contributed by atoms with Gasteiger partial charge in [0.25, 0.3) is 0 Å². The molecule has 1 fully saturated rings. The van der Waals surface area contributed by atoms with Crippen molar-refractivity contribution in [2.24, 2.45) is 0 Å². The van der Waals surface area contributed by atoms with Crippen molar-refractivity contribution in [1.82, 2.24) is 20.2 Å². The fourth-order valence-corrected chi connectivity index (χ4v) is 2.80. The average molecular weight is 355 g/mol. The lowest BCUT2D eigenvalue weighted by Gasteiger charge is -2.00. The SMILES string of the molecule is Cc1ccc(-c2nc(-c3ccc(C4CC4)nc3)n[nH]2)cc1Br. The van der Waals surface area contributed by atoms with Crippen LogP contribution in [0.5, 0.6) is 0 Å². The molecule has 0 amide bonds. The number of halogens is 1. The van der Waals surface area contributed by atoms with Crippen LogP contribution in [0.3, 0.4) is 0 Å². The number of hydrogen-bond donors (Lipinski definition) is 1. The van der Waals surface area contributed by atoms with Gasteiger partial charge >= 0.3 is 0 Å². The molecule has 2 heterocycles. The Morgan fingerprint density at radius 2 is 1.95 bits per heavy atom. The van der Waals surface area contributed by atoms with Gasteiger partial charge in [-0.25, -0.2) is 4.98 Å². The van der Waals surface area contributed by atoms with Crippen molar-refractivity contribution in [3.05, 3.63) is 52.3 Å². The van der Waals surface area contributed by atoms with Gasteiger partial charge in [0.1, 0.15) is 0 Å². The molecule has 0 atom stereocenters. The third kappa shape index (κ3) is 2.57. The molecule has 2 aromatic heterocycles. The lowest BCUT2D eigenvalue weighted by Crippen LogP contribution is -1.88. The Balaban J connectivity index is 1.63. The van der Waals surface area contributed by atoms with Crippen LogP contribution in [0, 0.1) is 6.92 Å². The number of benzene rings is 1. The van der Waals surface area contributed by atoms with Crippen LogP contribution < -0.4 is 0 Å². The Bertz CT molecular complexity index is 819. The zero-order valence-electron chi connectivity index (χ0n) is 12.2. The van der Waals surface area contributed by atoms with E-state index in [1.54, 1.807) is 0 Å². The summed E-state index contributed by atoms with van der Waals surface area (Å²) in [6.45, 7) is 2.06. The number of nitrogens with zero attached hydrogens (tertiary/aromatic N) is 3. The highest BCUT2D eigenvalue weighted by atomic mass is 79.9. The molecule has 4 nitrogen and oxygen atoms in total. The highest BCUT2D eigenvalue weighted by Crippen LogP contribution is 2.39. The fraction of sp³-hybridized carbons (Fsp3) is 0.235. The van der Waals surface area contributed by atoms with Crippen LogP contribution in [0.4, 0.5) is 0 Å². The van der Waals surface area contributed by atoms with Crippen molar-refractivity contribution < 1.29 is 0 Å². The number of hydrogen-bond acceptors (Lipinski definition) is 3. The van der Waals surface area contributed by atoms with Crippen LogP contribution in [0.15, 0.2) is 41.0 Å². The summed E-state index contributed by atoms with van der Waals surface area (Å²) in [7, 11) is 0. The molecular weight excluding hydrogens is 340 g/mol. The van der Waals surface area contributed by atoms with Gasteiger partial charge < -0.3 is 0 Å². The van der Waals surface area contributed by atoms with E-state index < -0.39 is 0 Å². The van der Waals surface area contributed by atoms with Crippen molar-refractivity contribution in [1.29, 1.82) is 0 Å². The predicted octanol–water partition coefficient (Wildman–Crippen LogP) is 4.48. The third-order valence-corrected chi connectivity index (χ3v) is 4.83. The highest BCUT2D eigenvalue weighted by Gasteiger charge is 2.24. The molecule has 1 aliphatic carbocycles. The molecule has 3 aromatic rings. The van der Waals surface area contributed by atoms with E-state index in [9.17, 15) is 0 Å². The molecule has 1 N–H and O–H groups in total. The smallest absolute Gasteiger partial charge is 0.183 e. The van der Waals surface area contributed by atoms with Crippen LogP contribution in [0.25, 0.3) is 22.8 Å². The van der Waals surface area contributed by atoms with Gasteiger partial charge in [0.05, 0.1) is 0 Å². The molecule has 0 bridgehead atoms. The summed E-state index contributed by atoms with van der Waals surface area (Å²) in [5.74, 6) is 2.12. The number of aryl methyl sites for hydroxylation is 1. The van der Waals surface area contributed by atoms with Crippen molar-refractivity contribution >= 4 is 15.9 Å². The van der Waals surface area contributed by atoms with Crippen LogP contribution in [-0.4, -0.2) is 20.2 Å². The van der Waals surface area contributed by atoms with E-state index in [0.29, 0.717) is 11.7 Å². The molecule has 0 spiro atoms. The Kier molecular flexibility index (Phi) is 3.30. The van der Waals surface area contributed by atoms with Gasteiger partial charge in [0, 0.05) is 33.4 Å². The van der Waals surface area contributed by atoms with Gasteiger partial charge in [-0.05, 0) is 43.5 Å². The molecule has 22 heavy (non-hydrogen) atoms. The van der Waals surface area contributed by atoms with Crippen molar-refractivity contribution in [2.45, 2.75) is 25.7 Å². The van der Waals surface area contributed by atoms with Crippen molar-refractivity contribution in [2.75, 3.05) is 0 Å². The van der Waals surface area contributed by atoms with Gasteiger partial charge in [-0.1, -0.05) is 28.1 Å². The van der Waals surface area contributed by atoms with Crippen LogP contribution in [0.1, 0.15) is 30.0 Å². The number of aromatic amines is 1. The number of H-pyrrole nitrogens is 1. The number of rotatable bonds is 3. The third-order valence-electron chi connectivity index (χ3n) is 3.97. The largest absolute Gasteiger partial charge is 0.260 e. The molecule has 1 aromatic carbocycles. The van der Waals surface area contributed by atoms with E-state index in [0.717, 1.165) is 21.4 Å². The zero-order valence-corrected chi connectivity index (χ0v) is 13.8. The second kappa shape index (κ2) is 5.32. The molecule has 0 aliphatic heterocycles. The summed E-state index contributed by atoms with van der Waals surface area (Å²) in [6.07, 6.45) is 4.39. The standard InChI is InChI=1S/C17H15BrN4/c1-10-2-3-12(8-14(10)18)16-20-17(22-21-16)13-6-7-15(19-9-13)11-4-5-11/h2-3,6-9,11H,4-5H2,1H3,(H,20,21,22). The summed E-state index contributed by atoms with van der Waals surface area (Å²) < 4.78 is 1.07. The summed E-state index contributed by atoms with van der Waals surface area (Å²) in [5.41, 5.74) is 4.34. The number of pyridine rings is 1. The molecule has 4 rings (SSSR count). The summed E-state index contributed by atoms with van der Waals surface area (Å²) in [5, 5.41) is 7.32. The van der Waals surface area contributed by atoms with E-state index in [-0.39, 0.29) is 0 Å². The van der Waals surface area contributed by atoms with Gasteiger partial charge in [0.15, 0.2) is 11.6 Å². The van der Waals surface area contributed by atoms with E-state index in [4.69, 9.17) is 0 Å². The first-order valence-electron chi connectivity index (χ1n) is 7.36. The van der Waals surface area contributed by atoms with E-state index in [1.165, 1.54) is 24.1 Å². The maximum atomic E-state index is 4.58. The molecule has 1 saturated carbocycles. The summed E-state index contributed by atoms with van der Waals surface area (Å²) in [4.78, 5) is 9.11. The van der Waals surface area contributed by atoms with Crippen molar-refractivity contribution in [3.63, 3.8) is 0 Å². The predicted molar refractivity (Wildman–Crippen MR) is 89.5 cm³/mol. The molecule has 110 valence electrons. The minimum absolute atomic E-state index is 0.668. The summed E-state index contributed by atoms with van der Waals surface area (Å²) in [6, 6.07) is 10.3. The molecular formula is C17H15BrN4. The first kappa shape index (κ1) is 13.6. The van der Waals surface area contributed by atoms with E-state index >= 15 is 0 Å². The number of nitrogens with one attached hydrogen (secondary N) is 1. The van der Waals surface area contributed by atoms with Crippen LogP contribution >= 0.6 is 15.9 Å². The quantitative estimate of drug-likeness (QED) is 0.754. The minimum atomic E-state index is 0.668. The molecule has 0 unspecified atom stereocenters. The topological polar surface area (TPSA) is 54.5 Å². The molecule has 0 radical (unpaired) electrons. The minimum Gasteiger partial charge on any atom is -0.260 e. The molecule has 1 aliphatic rings. The Labute approximate surface area is 137 Å². The summed E-state index contributed by atoms with van der Waals surface area (Å²) >= 11 is 3.55. The Hall–Kier alpha value is -2.01. The lowest BCUT2D eigenvalue weighted by atomic mass is 10.1. The van der Waals surface area contributed by atoms with Crippen LogP contribution in [-0.2, 0) is 0 Å². The normalized spacial score (nSPS) is 14.3. The van der Waals surface area contributed by atoms with E-state index in [1.807, 2.05) is 18.3 Å². The fourth-order valence-electron chi connectivity index (χ4n) is 2.42. The number of aromatic nitrogens is 4. The van der Waals surface area contributed by atoms with Gasteiger partial charge in [-0.3, -0.25) is 10.1 Å². The van der Waals surface area contributed by atoms with Gasteiger partial charge in [-0.15, -0.1) is 0 Å². The maximum absolute atomic E-state index is 4.58. The van der Waals surface area contributed by atoms with Gasteiger partial charge in [0.2, 0.25) is 0 Å². The monoisotopic (exact) mass is 354 g/mol. The Morgan fingerprint density at radius 3 is 2.64 bits per heavy atom.